The van der Waals surface area contributed by atoms with Crippen LogP contribution in [0.25, 0.3) is 0 Å². The van der Waals surface area contributed by atoms with Crippen molar-refractivity contribution < 1.29 is 13.2 Å². The number of hydrogen-bond donors (Lipinski definition) is 0. The van der Waals surface area contributed by atoms with Gasteiger partial charge in [0, 0.05) is 0 Å². The number of hydrogen-bond acceptors (Lipinski definition) is 0. The number of alkyl halides is 3. The fraction of sp³-hybridized carbons (Fsp3) is 0.143. The number of benzene rings is 1. The van der Waals surface area contributed by atoms with Gasteiger partial charge < -0.3 is 0 Å². The summed E-state index contributed by atoms with van der Waals surface area (Å²) in [6.45, 7) is 0. The van der Waals surface area contributed by atoms with Crippen molar-refractivity contribution in [2.24, 2.45) is 0 Å². The molecule has 0 aliphatic carbocycles. The summed E-state index contributed by atoms with van der Waals surface area (Å²) in [7, 11) is 0. The quantitative estimate of drug-likeness (QED) is 0.615. The molecule has 11 heavy (non-hydrogen) atoms. The first-order valence-corrected chi connectivity index (χ1v) is 2.64. The first-order chi connectivity index (χ1) is 4.61. The predicted octanol–water partition coefficient (Wildman–Crippen LogP) is 1.32. The van der Waals surface area contributed by atoms with Crippen molar-refractivity contribution in [3.05, 3.63) is 35.9 Å². The molecule has 0 spiro atoms. The molecule has 0 atom stereocenters. The van der Waals surface area contributed by atoms with Gasteiger partial charge in [0.1, 0.15) is 0 Å². The van der Waals surface area contributed by atoms with Crippen LogP contribution in [0.3, 0.4) is 0 Å². The second kappa shape index (κ2) is 4.05. The molecule has 4 heteroatoms. The molecule has 0 bridgehead atoms. The van der Waals surface area contributed by atoms with Crippen LogP contribution in [0.15, 0.2) is 24.3 Å². The van der Waals surface area contributed by atoms with Crippen LogP contribution in [0, 0.1) is 6.07 Å². The summed E-state index contributed by atoms with van der Waals surface area (Å²) in [5.41, 5.74) is -0.633. The minimum absolute atomic E-state index is 0. The van der Waals surface area contributed by atoms with Gasteiger partial charge in [-0.15, -0.1) is 0 Å². The molecule has 61 valence electrons. The van der Waals surface area contributed by atoms with Crippen LogP contribution in [0.1, 0.15) is 5.56 Å². The summed E-state index contributed by atoms with van der Waals surface area (Å²) in [4.78, 5) is 0. The zero-order chi connectivity index (χ0) is 7.61. The second-order valence-corrected chi connectivity index (χ2v) is 1.79. The molecule has 0 aliphatic heterocycles. The Bertz CT molecular complexity index is 205. The van der Waals surface area contributed by atoms with Gasteiger partial charge in [0.25, 0.3) is 0 Å². The first-order valence-electron chi connectivity index (χ1n) is 2.64. The van der Waals surface area contributed by atoms with E-state index in [1.807, 2.05) is 0 Å². The SMILES string of the molecule is FC(F)(F)c1cc[c]cc1.[BiH3]. The van der Waals surface area contributed by atoms with Crippen LogP contribution < -0.4 is 0 Å². The summed E-state index contributed by atoms with van der Waals surface area (Å²) in [6, 6.07) is 6.95. The normalized spacial score (nSPS) is 10.5. The van der Waals surface area contributed by atoms with Crippen LogP contribution in [-0.4, -0.2) is 26.2 Å². The van der Waals surface area contributed by atoms with Gasteiger partial charge in [0.15, 0.2) is 0 Å². The Labute approximate surface area is 81.5 Å². The van der Waals surface area contributed by atoms with Crippen LogP contribution in [0.2, 0.25) is 0 Å². The fourth-order valence-corrected chi connectivity index (χ4v) is 0.576. The van der Waals surface area contributed by atoms with E-state index >= 15 is 0 Å². The molecule has 1 aromatic rings. The molecule has 0 fully saturated rings. The Hall–Kier alpha value is -0.107. The van der Waals surface area contributed by atoms with Crippen molar-refractivity contribution in [1.29, 1.82) is 0 Å². The first kappa shape index (κ1) is 10.9. The van der Waals surface area contributed by atoms with Gasteiger partial charge in [-0.2, -0.15) is 13.2 Å². The zero-order valence-corrected chi connectivity index (χ0v) is 11.1. The molecule has 0 heterocycles. The average molecular weight is 357 g/mol. The number of rotatable bonds is 0. The van der Waals surface area contributed by atoms with Crippen LogP contribution >= 0.6 is 0 Å². The molecule has 0 aromatic heterocycles. The van der Waals surface area contributed by atoms with Gasteiger partial charge in [-0.1, -0.05) is 12.1 Å². The molecule has 1 rings (SSSR count). The third-order valence-corrected chi connectivity index (χ3v) is 1.05. The molecule has 1 aromatic carbocycles. The van der Waals surface area contributed by atoms with E-state index in [4.69, 9.17) is 0 Å². The summed E-state index contributed by atoms with van der Waals surface area (Å²) in [5, 5.41) is 0. The van der Waals surface area contributed by atoms with E-state index in [9.17, 15) is 13.2 Å². The van der Waals surface area contributed by atoms with Gasteiger partial charge in [0.05, 0.1) is 5.56 Å². The topological polar surface area (TPSA) is 0 Å². The van der Waals surface area contributed by atoms with E-state index in [0.29, 0.717) is 0 Å². The monoisotopic (exact) mass is 357 g/mol. The van der Waals surface area contributed by atoms with E-state index in [1.54, 1.807) is 0 Å². The molecule has 1 radical (unpaired) electrons. The van der Waals surface area contributed by atoms with Gasteiger partial charge in [-0.25, -0.2) is 0 Å². The van der Waals surface area contributed by atoms with Crippen LogP contribution in [-0.2, 0) is 6.18 Å². The van der Waals surface area contributed by atoms with E-state index in [0.717, 1.165) is 12.1 Å². The molecule has 0 N–H and O–H groups in total. The Balaban J connectivity index is 0.000001000. The van der Waals surface area contributed by atoms with Crippen molar-refractivity contribution in [2.45, 2.75) is 6.18 Å². The summed E-state index contributed by atoms with van der Waals surface area (Å²) in [5.74, 6) is 0. The maximum absolute atomic E-state index is 11.8. The maximum atomic E-state index is 11.8. The Kier molecular flexibility index (Phi) is 4.01. The number of halogens is 3. The molecule has 0 aliphatic rings. The van der Waals surface area contributed by atoms with Crippen molar-refractivity contribution >= 4 is 26.2 Å². The summed E-state index contributed by atoms with van der Waals surface area (Å²) >= 11 is 0. The van der Waals surface area contributed by atoms with Gasteiger partial charge >= 0.3 is 32.4 Å². The van der Waals surface area contributed by atoms with E-state index in [-0.39, 0.29) is 26.2 Å². The second-order valence-electron chi connectivity index (χ2n) is 1.79. The Morgan fingerprint density at radius 2 is 1.55 bits per heavy atom. The van der Waals surface area contributed by atoms with Gasteiger partial charge in [0.2, 0.25) is 0 Å². The van der Waals surface area contributed by atoms with Crippen molar-refractivity contribution in [1.82, 2.24) is 0 Å². The molecular weight excluding hydrogens is 350 g/mol. The third kappa shape index (κ3) is 3.19. The van der Waals surface area contributed by atoms with Gasteiger partial charge in [-0.3, -0.25) is 0 Å². The van der Waals surface area contributed by atoms with Crippen LogP contribution in [0.5, 0.6) is 0 Å². The van der Waals surface area contributed by atoms with E-state index < -0.39 is 11.7 Å². The van der Waals surface area contributed by atoms with E-state index in [1.165, 1.54) is 12.1 Å². The molecule has 0 unspecified atom stereocenters. The molecule has 0 nitrogen and oxygen atoms in total. The average Bonchev–Trinajstić information content (AvgIpc) is 1.88. The minimum atomic E-state index is -4.23. The Morgan fingerprint density at radius 1 is 1.09 bits per heavy atom. The predicted molar refractivity (Wildman–Crippen MR) is 40.2 cm³/mol. The van der Waals surface area contributed by atoms with E-state index in [2.05, 4.69) is 6.07 Å². The Morgan fingerprint density at radius 3 is 1.82 bits per heavy atom. The zero-order valence-electron chi connectivity index (χ0n) is 5.65. The van der Waals surface area contributed by atoms with Crippen molar-refractivity contribution in [2.75, 3.05) is 0 Å². The molecular formula is C7H7BiF3. The van der Waals surface area contributed by atoms with Gasteiger partial charge in [-0.05, 0) is 18.2 Å². The van der Waals surface area contributed by atoms with Crippen molar-refractivity contribution in [3.8, 4) is 0 Å². The molecule has 0 saturated carbocycles. The third-order valence-electron chi connectivity index (χ3n) is 1.05. The molecule has 0 saturated heterocycles. The standard InChI is InChI=1S/C7H4F3.Bi.3H/c8-7(9,10)6-4-2-1-3-5-6;;;;/h2-5H;;;;. The summed E-state index contributed by atoms with van der Waals surface area (Å²) in [6.07, 6.45) is -4.23. The van der Waals surface area contributed by atoms with Crippen molar-refractivity contribution in [3.63, 3.8) is 0 Å². The summed E-state index contributed by atoms with van der Waals surface area (Å²) < 4.78 is 35.3. The molecule has 0 amide bonds. The van der Waals surface area contributed by atoms with Crippen LogP contribution in [0.4, 0.5) is 13.2 Å². The fourth-order valence-electron chi connectivity index (χ4n) is 0.576.